The molecular weight excluding hydrogens is 238 g/mol. The third kappa shape index (κ3) is 4.07. The Labute approximate surface area is 94.3 Å². The quantitative estimate of drug-likeness (QED) is 0.795. The molecule has 1 rings (SSSR count). The number of halogens is 1. The second kappa shape index (κ2) is 6.80. The lowest BCUT2D eigenvalue weighted by Gasteiger charge is -1.99. The van der Waals surface area contributed by atoms with E-state index < -0.39 is 0 Å². The first-order chi connectivity index (χ1) is 6.86. The van der Waals surface area contributed by atoms with Crippen LogP contribution >= 0.6 is 15.9 Å². The van der Waals surface area contributed by atoms with Crippen molar-refractivity contribution in [3.8, 4) is 0 Å². The standard InChI is InChI=1S/C12H16BrN/c1-14-10-12-7-5-11(6-8-12)4-2-3-9-13/h2,4-8,14H,3,9-10H2,1H3. The largest absolute Gasteiger partial charge is 0.316 e. The van der Waals surface area contributed by atoms with Crippen molar-refractivity contribution in [1.29, 1.82) is 0 Å². The van der Waals surface area contributed by atoms with E-state index in [9.17, 15) is 0 Å². The van der Waals surface area contributed by atoms with Crippen LogP contribution in [0.3, 0.4) is 0 Å². The monoisotopic (exact) mass is 253 g/mol. The first kappa shape index (κ1) is 11.5. The molecule has 1 N–H and O–H groups in total. The summed E-state index contributed by atoms with van der Waals surface area (Å²) < 4.78 is 0. The lowest BCUT2D eigenvalue weighted by Crippen LogP contribution is -2.04. The fraction of sp³-hybridized carbons (Fsp3) is 0.333. The van der Waals surface area contributed by atoms with E-state index in [0.29, 0.717) is 0 Å². The smallest absolute Gasteiger partial charge is 0.0202 e. The molecular formula is C12H16BrN. The molecule has 0 saturated carbocycles. The molecule has 0 aliphatic carbocycles. The summed E-state index contributed by atoms with van der Waals surface area (Å²) in [5.41, 5.74) is 2.59. The fourth-order valence-electron chi connectivity index (χ4n) is 1.23. The van der Waals surface area contributed by atoms with Crippen molar-refractivity contribution in [3.63, 3.8) is 0 Å². The molecule has 0 fully saturated rings. The second-order valence-electron chi connectivity index (χ2n) is 3.15. The van der Waals surface area contributed by atoms with E-state index in [0.717, 1.165) is 18.3 Å². The predicted molar refractivity (Wildman–Crippen MR) is 66.7 cm³/mol. The Hall–Kier alpha value is -0.600. The number of benzene rings is 1. The molecule has 0 aliphatic heterocycles. The molecule has 0 amide bonds. The minimum Gasteiger partial charge on any atom is -0.316 e. The summed E-state index contributed by atoms with van der Waals surface area (Å²) in [5, 5.41) is 4.16. The third-order valence-electron chi connectivity index (χ3n) is 1.95. The molecule has 0 radical (unpaired) electrons. The molecule has 0 unspecified atom stereocenters. The van der Waals surface area contributed by atoms with Crippen LogP contribution in [0.2, 0.25) is 0 Å². The average molecular weight is 254 g/mol. The summed E-state index contributed by atoms with van der Waals surface area (Å²) in [6, 6.07) is 8.61. The number of alkyl halides is 1. The van der Waals surface area contributed by atoms with E-state index in [4.69, 9.17) is 0 Å². The van der Waals surface area contributed by atoms with Gasteiger partial charge in [-0.1, -0.05) is 52.3 Å². The van der Waals surface area contributed by atoms with Crippen molar-refractivity contribution < 1.29 is 0 Å². The summed E-state index contributed by atoms with van der Waals surface area (Å²) in [7, 11) is 1.96. The number of allylic oxidation sites excluding steroid dienone is 1. The number of hydrogen-bond acceptors (Lipinski definition) is 1. The Morgan fingerprint density at radius 3 is 2.57 bits per heavy atom. The Morgan fingerprint density at radius 1 is 1.29 bits per heavy atom. The summed E-state index contributed by atoms with van der Waals surface area (Å²) in [6.07, 6.45) is 5.42. The van der Waals surface area contributed by atoms with Crippen molar-refractivity contribution in [2.45, 2.75) is 13.0 Å². The van der Waals surface area contributed by atoms with Gasteiger partial charge in [-0.3, -0.25) is 0 Å². The minimum atomic E-state index is 0.936. The Morgan fingerprint density at radius 2 is 2.00 bits per heavy atom. The Bertz CT molecular complexity index is 277. The molecule has 0 heterocycles. The highest BCUT2D eigenvalue weighted by molar-refractivity contribution is 9.09. The maximum atomic E-state index is 3.40. The highest BCUT2D eigenvalue weighted by Crippen LogP contribution is 2.06. The van der Waals surface area contributed by atoms with Gasteiger partial charge in [-0.05, 0) is 24.6 Å². The van der Waals surface area contributed by atoms with Gasteiger partial charge < -0.3 is 5.32 Å². The van der Waals surface area contributed by atoms with Gasteiger partial charge in [-0.2, -0.15) is 0 Å². The molecule has 1 nitrogen and oxygen atoms in total. The van der Waals surface area contributed by atoms with E-state index in [-0.39, 0.29) is 0 Å². The molecule has 14 heavy (non-hydrogen) atoms. The number of rotatable bonds is 5. The maximum Gasteiger partial charge on any atom is 0.0202 e. The number of hydrogen-bond donors (Lipinski definition) is 1. The first-order valence-electron chi connectivity index (χ1n) is 4.83. The molecule has 0 atom stereocenters. The van der Waals surface area contributed by atoms with Gasteiger partial charge in [0, 0.05) is 11.9 Å². The van der Waals surface area contributed by atoms with Crippen molar-refractivity contribution in [1.82, 2.24) is 5.32 Å². The minimum absolute atomic E-state index is 0.936. The molecule has 0 spiro atoms. The molecule has 0 bridgehead atoms. The SMILES string of the molecule is CNCc1ccc(C=CCCBr)cc1. The molecule has 1 aromatic carbocycles. The molecule has 0 saturated heterocycles. The highest BCUT2D eigenvalue weighted by atomic mass is 79.9. The zero-order valence-electron chi connectivity index (χ0n) is 8.46. The molecule has 1 aromatic rings. The van der Waals surface area contributed by atoms with Crippen LogP contribution in [-0.2, 0) is 6.54 Å². The van der Waals surface area contributed by atoms with Crippen LogP contribution in [0.25, 0.3) is 6.08 Å². The summed E-state index contributed by atoms with van der Waals surface area (Å²) in [4.78, 5) is 0. The summed E-state index contributed by atoms with van der Waals surface area (Å²) >= 11 is 3.40. The third-order valence-corrected chi connectivity index (χ3v) is 2.40. The van der Waals surface area contributed by atoms with E-state index >= 15 is 0 Å². The van der Waals surface area contributed by atoms with Gasteiger partial charge in [-0.15, -0.1) is 0 Å². The van der Waals surface area contributed by atoms with Gasteiger partial charge in [-0.25, -0.2) is 0 Å². The van der Waals surface area contributed by atoms with Crippen LogP contribution in [0.1, 0.15) is 17.5 Å². The second-order valence-corrected chi connectivity index (χ2v) is 3.94. The summed E-state index contributed by atoms with van der Waals surface area (Å²) in [5.74, 6) is 0. The molecule has 76 valence electrons. The number of nitrogens with one attached hydrogen (secondary N) is 1. The van der Waals surface area contributed by atoms with E-state index in [1.54, 1.807) is 0 Å². The lowest BCUT2D eigenvalue weighted by molar-refractivity contribution is 0.818. The Kier molecular flexibility index (Phi) is 5.57. The van der Waals surface area contributed by atoms with Gasteiger partial charge in [0.25, 0.3) is 0 Å². The van der Waals surface area contributed by atoms with Crippen molar-refractivity contribution in [2.75, 3.05) is 12.4 Å². The summed E-state index contributed by atoms with van der Waals surface area (Å²) in [6.45, 7) is 0.936. The van der Waals surface area contributed by atoms with Crippen LogP contribution in [0.5, 0.6) is 0 Å². The van der Waals surface area contributed by atoms with E-state index in [2.05, 4.69) is 57.7 Å². The van der Waals surface area contributed by atoms with Gasteiger partial charge in [0.15, 0.2) is 0 Å². The predicted octanol–water partition coefficient (Wildman–Crippen LogP) is 3.20. The van der Waals surface area contributed by atoms with Crippen molar-refractivity contribution in [3.05, 3.63) is 41.5 Å². The molecule has 0 aliphatic rings. The van der Waals surface area contributed by atoms with Crippen molar-refractivity contribution in [2.24, 2.45) is 0 Å². The van der Waals surface area contributed by atoms with Crippen LogP contribution in [0.4, 0.5) is 0 Å². The van der Waals surface area contributed by atoms with Crippen LogP contribution in [0.15, 0.2) is 30.3 Å². The topological polar surface area (TPSA) is 12.0 Å². The van der Waals surface area contributed by atoms with Crippen LogP contribution in [-0.4, -0.2) is 12.4 Å². The molecule has 2 heteroatoms. The van der Waals surface area contributed by atoms with Crippen molar-refractivity contribution >= 4 is 22.0 Å². The first-order valence-corrected chi connectivity index (χ1v) is 5.95. The van der Waals surface area contributed by atoms with Gasteiger partial charge >= 0.3 is 0 Å². The average Bonchev–Trinajstić information content (AvgIpc) is 2.21. The van der Waals surface area contributed by atoms with E-state index in [1.807, 2.05) is 7.05 Å². The zero-order chi connectivity index (χ0) is 10.2. The zero-order valence-corrected chi connectivity index (χ0v) is 10.0. The highest BCUT2D eigenvalue weighted by Gasteiger charge is 1.89. The van der Waals surface area contributed by atoms with Gasteiger partial charge in [0.1, 0.15) is 0 Å². The van der Waals surface area contributed by atoms with Crippen LogP contribution in [0, 0.1) is 0 Å². The van der Waals surface area contributed by atoms with Crippen LogP contribution < -0.4 is 5.32 Å². The normalized spacial score (nSPS) is 11.0. The van der Waals surface area contributed by atoms with Gasteiger partial charge in [0.2, 0.25) is 0 Å². The fourth-order valence-corrected chi connectivity index (χ4v) is 1.50. The maximum absolute atomic E-state index is 3.40. The lowest BCUT2D eigenvalue weighted by atomic mass is 10.1. The Balaban J connectivity index is 2.54. The molecule has 0 aromatic heterocycles. The van der Waals surface area contributed by atoms with Gasteiger partial charge in [0.05, 0.1) is 0 Å². The van der Waals surface area contributed by atoms with E-state index in [1.165, 1.54) is 11.1 Å².